The molecule has 0 aliphatic rings. The Morgan fingerprint density at radius 3 is 0.482 bits per heavy atom. The quantitative estimate of drug-likeness (QED) is 0.0560. The van der Waals surface area contributed by atoms with Crippen LogP contribution in [0, 0.1) is 68.0 Å². The van der Waals surface area contributed by atoms with Gasteiger partial charge >= 0.3 is 17.4 Å². The number of carbonyl (C=O) groups excluding carboxylic acids is 3. The van der Waals surface area contributed by atoms with Crippen molar-refractivity contribution in [3.05, 3.63) is 0 Å². The second-order valence-corrected chi connectivity index (χ2v) is 33.8. The fourth-order valence-electron chi connectivity index (χ4n) is 12.7. The zero-order valence-electron chi connectivity index (χ0n) is 61.5. The molecule has 0 aromatic rings. The molecule has 0 saturated heterocycles. The van der Waals surface area contributed by atoms with Crippen molar-refractivity contribution in [2.45, 2.75) is 415 Å². The van der Waals surface area contributed by atoms with Gasteiger partial charge in [-0.2, -0.15) is 0 Å². The number of hydrogen-bond donors (Lipinski definition) is 0. The molecule has 0 aliphatic carbocycles. The summed E-state index contributed by atoms with van der Waals surface area (Å²) in [5.41, 5.74) is 0.734. The summed E-state index contributed by atoms with van der Waals surface area (Å²) < 4.78 is 0. The molecule has 0 aromatic heterocycles. The molecule has 85 heavy (non-hydrogen) atoms. The number of carbonyl (C=O) groups is 3. The van der Waals surface area contributed by atoms with Gasteiger partial charge in [-0.05, 0) is 126 Å². The third kappa shape index (κ3) is 56.6. The molecule has 0 amide bonds. The molecule has 507 valence electrons. The predicted octanol–water partition coefficient (Wildman–Crippen LogP) is 22.6. The van der Waals surface area contributed by atoms with Gasteiger partial charge in [-0.25, -0.2) is 0 Å². The minimum Gasteiger partial charge on any atom is -0.550 e. The smallest absolute Gasteiger partial charge is 0.550 e. The van der Waals surface area contributed by atoms with Crippen LogP contribution in [0.1, 0.15) is 415 Å². The van der Waals surface area contributed by atoms with Crippen LogP contribution in [0.2, 0.25) is 0 Å². The van der Waals surface area contributed by atoms with Gasteiger partial charge in [0.25, 0.3) is 0 Å². The van der Waals surface area contributed by atoms with Crippen LogP contribution < -0.4 is 15.3 Å². The molecule has 0 fully saturated rings. The molecular weight excluding hydrogens is 1080 g/mol. The van der Waals surface area contributed by atoms with Gasteiger partial charge in [0.05, 0.1) is 0 Å². The van der Waals surface area contributed by atoms with Crippen molar-refractivity contribution in [1.82, 2.24) is 0 Å². The Morgan fingerprint density at radius 1 is 0.235 bits per heavy atom. The van der Waals surface area contributed by atoms with Gasteiger partial charge < -0.3 is 29.7 Å². The SMILES string of the molecule is CCCCCCCCCCCCCC(CC(CC(=O)[O-])C(C)(C)C)C(C)(C)C.CCCCCCCCCCCCCC(CC(CC(=O)[O-])C(C)(C)C)C(C)(C)C.CCCCCCCCCCCCCC(CC(CC(=O)[O-])C(C)(C)C)C(C)(C)C.[Cr+3]. The third-order valence-corrected chi connectivity index (χ3v) is 19.8. The maximum atomic E-state index is 11.2. The van der Waals surface area contributed by atoms with Gasteiger partial charge in [0.2, 0.25) is 0 Å². The zero-order valence-corrected chi connectivity index (χ0v) is 62.8. The van der Waals surface area contributed by atoms with Crippen LogP contribution in [-0.2, 0) is 31.7 Å². The summed E-state index contributed by atoms with van der Waals surface area (Å²) in [5, 5.41) is 33.7. The van der Waals surface area contributed by atoms with Crippen LogP contribution in [0.15, 0.2) is 0 Å². The monoisotopic (exact) mass is 1240 g/mol. The molecule has 0 N–H and O–H groups in total. The van der Waals surface area contributed by atoms with E-state index < -0.39 is 17.9 Å². The number of rotatable bonds is 48. The van der Waals surface area contributed by atoms with Crippen LogP contribution in [-0.4, -0.2) is 17.9 Å². The van der Waals surface area contributed by atoms with Crippen LogP contribution in [0.3, 0.4) is 0 Å². The van der Waals surface area contributed by atoms with Crippen LogP contribution in [0.5, 0.6) is 0 Å². The summed E-state index contributed by atoms with van der Waals surface area (Å²) in [6, 6.07) is 0. The second kappa shape index (κ2) is 51.5. The normalized spacial score (nSPS) is 14.6. The van der Waals surface area contributed by atoms with E-state index in [1.165, 1.54) is 231 Å². The first kappa shape index (κ1) is 90.4. The van der Waals surface area contributed by atoms with Crippen molar-refractivity contribution in [2.75, 3.05) is 0 Å². The number of unbranched alkanes of at least 4 members (excludes halogenated alkanes) is 30. The maximum absolute atomic E-state index is 11.2. The van der Waals surface area contributed by atoms with E-state index in [4.69, 9.17) is 0 Å². The largest absolute Gasteiger partial charge is 3.00 e. The van der Waals surface area contributed by atoms with E-state index in [9.17, 15) is 29.7 Å². The van der Waals surface area contributed by atoms with E-state index in [1.807, 2.05) is 0 Å². The van der Waals surface area contributed by atoms with E-state index >= 15 is 0 Å². The van der Waals surface area contributed by atoms with E-state index in [0.29, 0.717) is 17.8 Å². The number of carboxylic acids is 3. The standard InChI is InChI=1S/3C26H52O2.Cr/c3*1-8-9-10-11-12-13-14-15-16-17-18-19-22(25(2,3)4)20-23(21-24(27)28)26(5,6)7;/h3*22-23H,8-21H2,1-7H3,(H,27,28);/q;;;+3/p-3. The second-order valence-electron chi connectivity index (χ2n) is 33.8. The molecule has 6 atom stereocenters. The summed E-state index contributed by atoms with van der Waals surface area (Å²) in [6.07, 6.45) is 52.6. The summed E-state index contributed by atoms with van der Waals surface area (Å²) in [6.45, 7) is 47.2. The Kier molecular flexibility index (Phi) is 54.8. The first-order chi connectivity index (χ1) is 38.9. The third-order valence-electron chi connectivity index (χ3n) is 19.8. The molecule has 1 radical (unpaired) electrons. The van der Waals surface area contributed by atoms with Gasteiger partial charge in [0, 0.05) is 17.9 Å². The molecular formula is C78H153CrO6. The van der Waals surface area contributed by atoms with Crippen LogP contribution in [0.25, 0.3) is 0 Å². The molecule has 0 aliphatic heterocycles. The van der Waals surface area contributed by atoms with Crippen molar-refractivity contribution < 1.29 is 47.1 Å². The van der Waals surface area contributed by atoms with Gasteiger partial charge in [-0.15, -0.1) is 0 Å². The molecule has 0 bridgehead atoms. The summed E-state index contributed by atoms with van der Waals surface area (Å²) in [4.78, 5) is 33.7. The van der Waals surface area contributed by atoms with Gasteiger partial charge in [0.15, 0.2) is 0 Å². The molecule has 0 rings (SSSR count). The Bertz CT molecular complexity index is 1350. The van der Waals surface area contributed by atoms with Crippen LogP contribution >= 0.6 is 0 Å². The Morgan fingerprint density at radius 2 is 0.365 bits per heavy atom. The van der Waals surface area contributed by atoms with Crippen molar-refractivity contribution in [3.8, 4) is 0 Å². The van der Waals surface area contributed by atoms with Crippen molar-refractivity contribution >= 4 is 17.9 Å². The first-order valence-electron chi connectivity index (χ1n) is 36.5. The van der Waals surface area contributed by atoms with Gasteiger partial charge in [-0.1, -0.05) is 357 Å². The molecule has 7 heteroatoms. The van der Waals surface area contributed by atoms with Gasteiger partial charge in [0.1, 0.15) is 0 Å². The molecule has 0 saturated carbocycles. The topological polar surface area (TPSA) is 120 Å². The molecule has 6 unspecified atom stereocenters. The molecule has 0 spiro atoms. The number of carboxylic acid groups (broad SMARTS) is 3. The number of aliphatic carboxylic acids is 3. The number of hydrogen-bond acceptors (Lipinski definition) is 6. The minimum absolute atomic E-state index is 0. The fourth-order valence-corrected chi connectivity index (χ4v) is 12.7. The molecule has 0 heterocycles. The molecule has 0 aromatic carbocycles. The average Bonchev–Trinajstić information content (AvgIpc) is 3.52. The Balaban J connectivity index is -0.000000576. The fraction of sp³-hybridized carbons (Fsp3) is 0.962. The zero-order chi connectivity index (χ0) is 64.9. The van der Waals surface area contributed by atoms with E-state index in [-0.39, 0.29) is 86.9 Å². The van der Waals surface area contributed by atoms with E-state index in [1.54, 1.807) is 0 Å². The Labute approximate surface area is 545 Å². The summed E-state index contributed by atoms with van der Waals surface area (Å²) >= 11 is 0. The minimum atomic E-state index is -0.901. The predicted molar refractivity (Wildman–Crippen MR) is 364 cm³/mol. The first-order valence-corrected chi connectivity index (χ1v) is 36.5. The van der Waals surface area contributed by atoms with E-state index in [0.717, 1.165) is 19.3 Å². The van der Waals surface area contributed by atoms with Crippen LogP contribution in [0.4, 0.5) is 0 Å². The summed E-state index contributed by atoms with van der Waals surface area (Å²) in [7, 11) is 0. The maximum Gasteiger partial charge on any atom is 3.00 e. The Hall–Kier alpha value is -1.06. The van der Waals surface area contributed by atoms with Crippen molar-refractivity contribution in [1.29, 1.82) is 0 Å². The average molecular weight is 1240 g/mol. The van der Waals surface area contributed by atoms with Gasteiger partial charge in [-0.3, -0.25) is 0 Å². The molecule has 6 nitrogen and oxygen atoms in total. The summed E-state index contributed by atoms with van der Waals surface area (Å²) in [5.74, 6) is -0.399. The van der Waals surface area contributed by atoms with E-state index in [2.05, 4.69) is 145 Å². The van der Waals surface area contributed by atoms with Crippen molar-refractivity contribution in [2.24, 2.45) is 68.0 Å². The van der Waals surface area contributed by atoms with Crippen molar-refractivity contribution in [3.63, 3.8) is 0 Å².